The van der Waals surface area contributed by atoms with Gasteiger partial charge >= 0.3 is 5.97 Å². The fourth-order valence-electron chi connectivity index (χ4n) is 2.11. The maximum atomic E-state index is 10.5. The van der Waals surface area contributed by atoms with Gasteiger partial charge in [-0.3, -0.25) is 4.79 Å². The van der Waals surface area contributed by atoms with Crippen LogP contribution in [0.4, 0.5) is 5.82 Å². The number of carbonyl (C=O) groups is 1. The van der Waals surface area contributed by atoms with E-state index in [1.807, 2.05) is 6.07 Å². The highest BCUT2D eigenvalue weighted by Crippen LogP contribution is 2.45. The molecule has 19 heavy (non-hydrogen) atoms. The van der Waals surface area contributed by atoms with E-state index in [1.54, 1.807) is 10.6 Å². The second-order valence-electron chi connectivity index (χ2n) is 4.94. The van der Waals surface area contributed by atoms with E-state index in [4.69, 9.17) is 5.11 Å². The highest BCUT2D eigenvalue weighted by molar-refractivity contribution is 5.67. The number of anilines is 1. The van der Waals surface area contributed by atoms with Crippen molar-refractivity contribution in [2.75, 3.05) is 11.9 Å². The molecule has 2 N–H and O–H groups in total. The van der Waals surface area contributed by atoms with Crippen molar-refractivity contribution in [3.05, 3.63) is 18.0 Å². The molecule has 1 aliphatic carbocycles. The first-order valence-electron chi connectivity index (χ1n) is 6.33. The largest absolute Gasteiger partial charge is 0.481 e. The maximum absolute atomic E-state index is 10.5. The van der Waals surface area contributed by atoms with Gasteiger partial charge in [0, 0.05) is 12.5 Å². The molecule has 0 aromatic carbocycles. The summed E-state index contributed by atoms with van der Waals surface area (Å²) in [5, 5.41) is 24.3. The van der Waals surface area contributed by atoms with E-state index in [0.29, 0.717) is 24.2 Å². The number of carboxylic acid groups (broad SMARTS) is 1. The first-order valence-corrected chi connectivity index (χ1v) is 6.33. The average Bonchev–Trinajstić information content (AvgIpc) is 2.95. The van der Waals surface area contributed by atoms with Crippen LogP contribution in [0.2, 0.25) is 0 Å². The van der Waals surface area contributed by atoms with E-state index in [2.05, 4.69) is 27.5 Å². The van der Waals surface area contributed by atoms with Gasteiger partial charge < -0.3 is 10.4 Å². The third-order valence-corrected chi connectivity index (χ3v) is 3.37. The molecule has 2 unspecified atom stereocenters. The zero-order valence-electron chi connectivity index (χ0n) is 10.6. The molecule has 0 amide bonds. The molecule has 7 heteroatoms. The number of aromatic nitrogens is 4. The Kier molecular flexibility index (Phi) is 2.81. The molecule has 0 spiro atoms. The van der Waals surface area contributed by atoms with Crippen LogP contribution >= 0.6 is 0 Å². The monoisotopic (exact) mass is 261 g/mol. The molecule has 2 atom stereocenters. The SMILES string of the molecule is CC1CC1c1nnc2ccc(NCCC(=O)O)nn12. The van der Waals surface area contributed by atoms with Gasteiger partial charge in [0.1, 0.15) is 5.82 Å². The highest BCUT2D eigenvalue weighted by atomic mass is 16.4. The van der Waals surface area contributed by atoms with Crippen LogP contribution in [0.1, 0.15) is 31.5 Å². The molecule has 2 aromatic rings. The van der Waals surface area contributed by atoms with Crippen LogP contribution in [-0.4, -0.2) is 37.4 Å². The van der Waals surface area contributed by atoms with Crippen molar-refractivity contribution in [3.63, 3.8) is 0 Å². The number of hydrogen-bond donors (Lipinski definition) is 2. The third-order valence-electron chi connectivity index (χ3n) is 3.37. The van der Waals surface area contributed by atoms with Crippen LogP contribution in [0.3, 0.4) is 0 Å². The summed E-state index contributed by atoms with van der Waals surface area (Å²) in [5.74, 6) is 1.78. The molecule has 0 bridgehead atoms. The normalized spacial score (nSPS) is 21.5. The van der Waals surface area contributed by atoms with E-state index < -0.39 is 5.97 Å². The zero-order chi connectivity index (χ0) is 13.4. The van der Waals surface area contributed by atoms with Crippen molar-refractivity contribution >= 4 is 17.4 Å². The fraction of sp³-hybridized carbons (Fsp3) is 0.500. The Morgan fingerprint density at radius 1 is 1.53 bits per heavy atom. The molecule has 100 valence electrons. The lowest BCUT2D eigenvalue weighted by atomic mass is 10.3. The van der Waals surface area contributed by atoms with Crippen LogP contribution in [0.5, 0.6) is 0 Å². The summed E-state index contributed by atoms with van der Waals surface area (Å²) in [4.78, 5) is 10.5. The van der Waals surface area contributed by atoms with Gasteiger partial charge in [-0.05, 0) is 24.5 Å². The van der Waals surface area contributed by atoms with Crippen molar-refractivity contribution < 1.29 is 9.90 Å². The first kappa shape index (κ1) is 11.9. The maximum Gasteiger partial charge on any atom is 0.305 e. The lowest BCUT2D eigenvalue weighted by Gasteiger charge is -2.04. The molecule has 0 saturated heterocycles. The minimum atomic E-state index is -0.828. The van der Waals surface area contributed by atoms with Crippen molar-refractivity contribution in [1.29, 1.82) is 0 Å². The quantitative estimate of drug-likeness (QED) is 0.838. The lowest BCUT2D eigenvalue weighted by molar-refractivity contribution is -0.136. The number of fused-ring (bicyclic) bond motifs is 1. The first-order chi connectivity index (χ1) is 9.15. The molecule has 1 aliphatic rings. The van der Waals surface area contributed by atoms with E-state index in [9.17, 15) is 4.79 Å². The standard InChI is InChI=1S/C12H15N5O2/c1-7-6-8(7)12-15-14-10-3-2-9(16-17(10)12)13-5-4-11(18)19/h2-3,7-8H,4-6H2,1H3,(H,13,16)(H,18,19). The van der Waals surface area contributed by atoms with Crippen molar-refractivity contribution in [2.24, 2.45) is 5.92 Å². The smallest absolute Gasteiger partial charge is 0.305 e. The Balaban J connectivity index is 1.80. The van der Waals surface area contributed by atoms with E-state index in [0.717, 1.165) is 17.9 Å². The molecule has 2 heterocycles. The van der Waals surface area contributed by atoms with Crippen LogP contribution in [0.15, 0.2) is 12.1 Å². The highest BCUT2D eigenvalue weighted by Gasteiger charge is 2.38. The Bertz CT molecular complexity index is 624. The number of nitrogens with zero attached hydrogens (tertiary/aromatic N) is 4. The third kappa shape index (κ3) is 2.35. The van der Waals surface area contributed by atoms with Gasteiger partial charge in [0.25, 0.3) is 0 Å². The number of carboxylic acids is 1. The van der Waals surface area contributed by atoms with Crippen molar-refractivity contribution in [1.82, 2.24) is 19.8 Å². The van der Waals surface area contributed by atoms with Gasteiger partial charge in [0.2, 0.25) is 0 Å². The minimum absolute atomic E-state index is 0.0639. The zero-order valence-corrected chi connectivity index (χ0v) is 10.6. The molecule has 3 rings (SSSR count). The average molecular weight is 261 g/mol. The molecule has 0 radical (unpaired) electrons. The predicted octanol–water partition coefficient (Wildman–Crippen LogP) is 1.13. The number of aliphatic carboxylic acids is 1. The molecule has 1 saturated carbocycles. The second kappa shape index (κ2) is 4.49. The van der Waals surface area contributed by atoms with Gasteiger partial charge in [-0.2, -0.15) is 4.52 Å². The van der Waals surface area contributed by atoms with E-state index in [1.165, 1.54) is 0 Å². The summed E-state index contributed by atoms with van der Waals surface area (Å²) in [6.45, 7) is 2.53. The number of rotatable bonds is 5. The Labute approximate surface area is 109 Å². The van der Waals surface area contributed by atoms with Gasteiger partial charge in [0.05, 0.1) is 6.42 Å². The molecule has 2 aromatic heterocycles. The molecular weight excluding hydrogens is 246 g/mol. The van der Waals surface area contributed by atoms with Gasteiger partial charge in [-0.1, -0.05) is 6.92 Å². The summed E-state index contributed by atoms with van der Waals surface area (Å²) in [7, 11) is 0. The van der Waals surface area contributed by atoms with Crippen LogP contribution < -0.4 is 5.32 Å². The minimum Gasteiger partial charge on any atom is -0.481 e. The summed E-state index contributed by atoms with van der Waals surface area (Å²) < 4.78 is 1.75. The second-order valence-corrected chi connectivity index (χ2v) is 4.94. The fourth-order valence-corrected chi connectivity index (χ4v) is 2.11. The molecular formula is C12H15N5O2. The summed E-state index contributed by atoms with van der Waals surface area (Å²) in [6, 6.07) is 3.62. The number of hydrogen-bond acceptors (Lipinski definition) is 5. The van der Waals surface area contributed by atoms with Crippen molar-refractivity contribution in [3.8, 4) is 0 Å². The van der Waals surface area contributed by atoms with Crippen LogP contribution in [0.25, 0.3) is 5.65 Å². The summed E-state index contributed by atoms with van der Waals surface area (Å²) in [6.07, 6.45) is 1.19. The predicted molar refractivity (Wildman–Crippen MR) is 68.0 cm³/mol. The Morgan fingerprint density at radius 2 is 2.32 bits per heavy atom. The summed E-state index contributed by atoms with van der Waals surface area (Å²) >= 11 is 0. The molecule has 0 aliphatic heterocycles. The van der Waals surface area contributed by atoms with E-state index >= 15 is 0 Å². The van der Waals surface area contributed by atoms with Gasteiger partial charge in [0.15, 0.2) is 11.5 Å². The van der Waals surface area contributed by atoms with Crippen molar-refractivity contribution in [2.45, 2.75) is 25.7 Å². The summed E-state index contributed by atoms with van der Waals surface area (Å²) in [5.41, 5.74) is 0.720. The van der Waals surface area contributed by atoms with Crippen LogP contribution in [-0.2, 0) is 4.79 Å². The number of nitrogens with one attached hydrogen (secondary N) is 1. The Morgan fingerprint density at radius 3 is 3.00 bits per heavy atom. The Hall–Kier alpha value is -2.18. The topological polar surface area (TPSA) is 92.4 Å². The molecule has 7 nitrogen and oxygen atoms in total. The van der Waals surface area contributed by atoms with E-state index in [-0.39, 0.29) is 6.42 Å². The van der Waals surface area contributed by atoms with Crippen LogP contribution in [0, 0.1) is 5.92 Å². The lowest BCUT2D eigenvalue weighted by Crippen LogP contribution is -2.10. The molecule has 1 fully saturated rings. The van der Waals surface area contributed by atoms with Gasteiger partial charge in [-0.25, -0.2) is 0 Å². The van der Waals surface area contributed by atoms with Gasteiger partial charge in [-0.15, -0.1) is 15.3 Å².